The first-order valence-corrected chi connectivity index (χ1v) is 9.04. The van der Waals surface area contributed by atoms with Crippen LogP contribution < -0.4 is 4.90 Å². The van der Waals surface area contributed by atoms with Crippen molar-refractivity contribution < 1.29 is 4.74 Å². The van der Waals surface area contributed by atoms with E-state index in [2.05, 4.69) is 23.6 Å². The summed E-state index contributed by atoms with van der Waals surface area (Å²) >= 11 is 18.9. The molecule has 0 fully saturated rings. The second-order valence-corrected chi connectivity index (χ2v) is 6.85. The van der Waals surface area contributed by atoms with Gasteiger partial charge < -0.3 is 14.5 Å². The number of halogens is 3. The third-order valence-corrected chi connectivity index (χ3v) is 4.79. The first-order valence-electron chi connectivity index (χ1n) is 7.91. The lowest BCUT2D eigenvalue weighted by Gasteiger charge is -2.25. The van der Waals surface area contributed by atoms with E-state index < -0.39 is 0 Å². The number of methoxy groups -OCH3 is 1. The predicted octanol–water partition coefficient (Wildman–Crippen LogP) is 6.14. The van der Waals surface area contributed by atoms with Crippen molar-refractivity contribution in [2.24, 2.45) is 0 Å². The standard InChI is InChI=1S/C17H23Cl3N2O/c1-4-6-7-16-15(5-2)22(10-21(16)11-23-3)17-13(19)8-12(18)9-14(17)20/h8-9H,4-7,10-11H2,1-3H3. The van der Waals surface area contributed by atoms with Gasteiger partial charge in [0.1, 0.15) is 6.73 Å². The number of nitrogens with zero attached hydrogens (tertiary/aromatic N) is 2. The summed E-state index contributed by atoms with van der Waals surface area (Å²) in [7, 11) is 1.72. The molecule has 0 saturated heterocycles. The highest BCUT2D eigenvalue weighted by Crippen LogP contribution is 2.42. The number of ether oxygens (including phenoxy) is 1. The summed E-state index contributed by atoms with van der Waals surface area (Å²) in [5, 5.41) is 1.69. The molecular weight excluding hydrogens is 355 g/mol. The Bertz CT molecular complexity index is 566. The largest absolute Gasteiger partial charge is 0.364 e. The molecule has 0 radical (unpaired) electrons. The maximum absolute atomic E-state index is 6.43. The Morgan fingerprint density at radius 3 is 2.26 bits per heavy atom. The number of unbranched alkanes of at least 4 members (excludes halogenated alkanes) is 1. The molecule has 0 atom stereocenters. The second kappa shape index (κ2) is 8.48. The Balaban J connectivity index is 2.44. The highest BCUT2D eigenvalue weighted by Gasteiger charge is 2.30. The average Bonchev–Trinajstić information content (AvgIpc) is 2.81. The quantitative estimate of drug-likeness (QED) is 0.567. The van der Waals surface area contributed by atoms with Crippen LogP contribution in [0.2, 0.25) is 15.1 Å². The summed E-state index contributed by atoms with van der Waals surface area (Å²) < 4.78 is 5.37. The summed E-state index contributed by atoms with van der Waals surface area (Å²) in [4.78, 5) is 4.43. The van der Waals surface area contributed by atoms with Crippen molar-refractivity contribution in [1.29, 1.82) is 0 Å². The Morgan fingerprint density at radius 2 is 1.74 bits per heavy atom. The molecule has 1 heterocycles. The molecule has 0 bridgehead atoms. The zero-order chi connectivity index (χ0) is 17.0. The molecule has 3 nitrogen and oxygen atoms in total. The van der Waals surface area contributed by atoms with Crippen LogP contribution in [0.5, 0.6) is 0 Å². The molecule has 0 saturated carbocycles. The van der Waals surface area contributed by atoms with Gasteiger partial charge in [-0.1, -0.05) is 55.1 Å². The maximum atomic E-state index is 6.43. The van der Waals surface area contributed by atoms with E-state index in [4.69, 9.17) is 39.5 Å². The molecular formula is C17H23Cl3N2O. The summed E-state index contributed by atoms with van der Waals surface area (Å²) in [6, 6.07) is 3.48. The summed E-state index contributed by atoms with van der Waals surface area (Å²) in [5.41, 5.74) is 3.39. The van der Waals surface area contributed by atoms with Crippen molar-refractivity contribution in [3.8, 4) is 0 Å². The van der Waals surface area contributed by atoms with Crippen molar-refractivity contribution in [2.75, 3.05) is 25.4 Å². The third kappa shape index (κ3) is 4.08. The van der Waals surface area contributed by atoms with Crippen molar-refractivity contribution in [3.05, 3.63) is 38.6 Å². The summed E-state index contributed by atoms with van der Waals surface area (Å²) in [5.74, 6) is 0. The molecule has 0 amide bonds. The van der Waals surface area contributed by atoms with E-state index >= 15 is 0 Å². The number of anilines is 1. The van der Waals surface area contributed by atoms with Crippen LogP contribution in [-0.2, 0) is 4.74 Å². The van der Waals surface area contributed by atoms with Crippen molar-refractivity contribution >= 4 is 40.5 Å². The predicted molar refractivity (Wildman–Crippen MR) is 99.4 cm³/mol. The first-order chi connectivity index (χ1) is 11.0. The molecule has 0 spiro atoms. The van der Waals surface area contributed by atoms with Gasteiger partial charge in [-0.3, -0.25) is 0 Å². The molecule has 1 aliphatic rings. The Hall–Kier alpha value is -0.610. The van der Waals surface area contributed by atoms with Gasteiger partial charge >= 0.3 is 0 Å². The highest BCUT2D eigenvalue weighted by molar-refractivity contribution is 6.41. The number of benzene rings is 1. The SMILES string of the molecule is CCCCC1=C(CC)N(c2c(Cl)cc(Cl)cc2Cl)CN1COC. The number of allylic oxidation sites excluding steroid dienone is 2. The Kier molecular flexibility index (Phi) is 6.90. The van der Waals surface area contributed by atoms with Crippen LogP contribution in [0.4, 0.5) is 5.69 Å². The minimum atomic E-state index is 0.546. The number of hydrogen-bond acceptors (Lipinski definition) is 3. The average molecular weight is 378 g/mol. The molecule has 6 heteroatoms. The minimum absolute atomic E-state index is 0.546. The van der Waals surface area contributed by atoms with Crippen LogP contribution >= 0.6 is 34.8 Å². The van der Waals surface area contributed by atoms with Gasteiger partial charge in [-0.25, -0.2) is 0 Å². The minimum Gasteiger partial charge on any atom is -0.364 e. The van der Waals surface area contributed by atoms with Crippen LogP contribution in [0.3, 0.4) is 0 Å². The van der Waals surface area contributed by atoms with Gasteiger partial charge in [-0.15, -0.1) is 0 Å². The van der Waals surface area contributed by atoms with E-state index in [0.717, 1.165) is 31.4 Å². The molecule has 1 aromatic rings. The fourth-order valence-electron chi connectivity index (χ4n) is 2.99. The van der Waals surface area contributed by atoms with E-state index in [1.54, 1.807) is 19.2 Å². The highest BCUT2D eigenvalue weighted by atomic mass is 35.5. The number of rotatable bonds is 7. The topological polar surface area (TPSA) is 15.7 Å². The fraction of sp³-hybridized carbons (Fsp3) is 0.529. The summed E-state index contributed by atoms with van der Waals surface area (Å²) in [6.45, 7) is 5.60. The summed E-state index contributed by atoms with van der Waals surface area (Å²) in [6.07, 6.45) is 4.25. The van der Waals surface area contributed by atoms with Crippen LogP contribution in [-0.4, -0.2) is 25.4 Å². The monoisotopic (exact) mass is 376 g/mol. The van der Waals surface area contributed by atoms with Gasteiger partial charge in [-0.2, -0.15) is 0 Å². The van der Waals surface area contributed by atoms with Crippen LogP contribution in [0.15, 0.2) is 23.5 Å². The zero-order valence-electron chi connectivity index (χ0n) is 13.8. The van der Waals surface area contributed by atoms with Gasteiger partial charge in [0.15, 0.2) is 0 Å². The van der Waals surface area contributed by atoms with E-state index in [9.17, 15) is 0 Å². The van der Waals surface area contributed by atoms with E-state index in [-0.39, 0.29) is 0 Å². The number of hydrogen-bond donors (Lipinski definition) is 0. The second-order valence-electron chi connectivity index (χ2n) is 5.60. The molecule has 2 rings (SSSR count). The lowest BCUT2D eigenvalue weighted by Crippen LogP contribution is -2.29. The molecule has 0 aromatic heterocycles. The molecule has 0 unspecified atom stereocenters. The molecule has 0 aliphatic carbocycles. The molecule has 1 aromatic carbocycles. The van der Waals surface area contributed by atoms with Gasteiger partial charge in [0, 0.05) is 23.5 Å². The van der Waals surface area contributed by atoms with Gasteiger partial charge in [0.2, 0.25) is 0 Å². The zero-order valence-corrected chi connectivity index (χ0v) is 16.1. The smallest absolute Gasteiger partial charge is 0.119 e. The molecule has 23 heavy (non-hydrogen) atoms. The van der Waals surface area contributed by atoms with E-state index in [0.29, 0.717) is 28.5 Å². The van der Waals surface area contributed by atoms with Crippen molar-refractivity contribution in [1.82, 2.24) is 4.90 Å². The normalized spacial score (nSPS) is 15.0. The molecule has 0 N–H and O–H groups in total. The fourth-order valence-corrected chi connectivity index (χ4v) is 4.01. The third-order valence-electron chi connectivity index (χ3n) is 3.99. The first kappa shape index (κ1) is 18.7. The lowest BCUT2D eigenvalue weighted by molar-refractivity contribution is 0.0917. The molecule has 1 aliphatic heterocycles. The Morgan fingerprint density at radius 1 is 1.09 bits per heavy atom. The van der Waals surface area contributed by atoms with Crippen LogP contribution in [0.1, 0.15) is 39.5 Å². The van der Waals surface area contributed by atoms with E-state index in [1.165, 1.54) is 11.4 Å². The van der Waals surface area contributed by atoms with Gasteiger partial charge in [-0.05, 0) is 31.4 Å². The van der Waals surface area contributed by atoms with Gasteiger partial charge in [0.25, 0.3) is 0 Å². The lowest BCUT2D eigenvalue weighted by atomic mass is 10.1. The molecule has 128 valence electrons. The van der Waals surface area contributed by atoms with Crippen molar-refractivity contribution in [2.45, 2.75) is 39.5 Å². The van der Waals surface area contributed by atoms with Crippen LogP contribution in [0, 0.1) is 0 Å². The van der Waals surface area contributed by atoms with E-state index in [1.807, 2.05) is 0 Å². The van der Waals surface area contributed by atoms with Crippen molar-refractivity contribution in [3.63, 3.8) is 0 Å². The van der Waals surface area contributed by atoms with Gasteiger partial charge in [0.05, 0.1) is 22.4 Å². The maximum Gasteiger partial charge on any atom is 0.119 e. The van der Waals surface area contributed by atoms with Crippen LogP contribution in [0.25, 0.3) is 0 Å². The Labute approximate surface area is 153 Å².